The minimum atomic E-state index is -0.301. The van der Waals surface area contributed by atoms with Crippen LogP contribution in [-0.2, 0) is 11.3 Å². The highest BCUT2D eigenvalue weighted by molar-refractivity contribution is 5.16. The van der Waals surface area contributed by atoms with Crippen LogP contribution in [-0.4, -0.2) is 35.7 Å². The molecule has 0 spiro atoms. The Morgan fingerprint density at radius 3 is 2.19 bits per heavy atom. The Balaban J connectivity index is 2.02. The number of benzene rings is 1. The zero-order valence-corrected chi connectivity index (χ0v) is 13.7. The second kappa shape index (κ2) is 5.67. The Labute approximate surface area is 127 Å². The van der Waals surface area contributed by atoms with E-state index in [9.17, 15) is 4.39 Å². The molecule has 1 aromatic carbocycles. The summed E-state index contributed by atoms with van der Waals surface area (Å²) in [6.45, 7) is 9.96. The first-order valence-electron chi connectivity index (χ1n) is 7.50. The Bertz CT molecular complexity index is 484. The molecule has 1 fully saturated rings. The summed E-state index contributed by atoms with van der Waals surface area (Å²) >= 11 is 0. The van der Waals surface area contributed by atoms with Gasteiger partial charge in [-0.15, -0.1) is 0 Å². The Hall–Kier alpha value is -0.970. The molecule has 2 N–H and O–H groups in total. The van der Waals surface area contributed by atoms with Crippen molar-refractivity contribution in [3.8, 4) is 0 Å². The molecule has 118 valence electrons. The van der Waals surface area contributed by atoms with Crippen molar-refractivity contribution in [1.82, 2.24) is 4.90 Å². The molecule has 0 aliphatic carbocycles. The molecule has 1 aliphatic rings. The molecule has 3 nitrogen and oxygen atoms in total. The van der Waals surface area contributed by atoms with Crippen LogP contribution in [0.2, 0.25) is 0 Å². The van der Waals surface area contributed by atoms with Crippen LogP contribution < -0.4 is 5.73 Å². The van der Waals surface area contributed by atoms with Gasteiger partial charge in [0.25, 0.3) is 0 Å². The molecule has 0 amide bonds. The highest BCUT2D eigenvalue weighted by Gasteiger charge is 2.52. The average Bonchev–Trinajstić information content (AvgIpc) is 2.50. The lowest BCUT2D eigenvalue weighted by molar-refractivity contribution is -0.0782. The monoisotopic (exact) mass is 294 g/mol. The molecule has 2 rings (SSSR count). The maximum Gasteiger partial charge on any atom is 0.123 e. The van der Waals surface area contributed by atoms with Crippen LogP contribution in [0.1, 0.15) is 33.3 Å². The van der Waals surface area contributed by atoms with Gasteiger partial charge in [-0.2, -0.15) is 0 Å². The van der Waals surface area contributed by atoms with E-state index in [1.54, 1.807) is 0 Å². The minimum Gasteiger partial charge on any atom is -0.368 e. The van der Waals surface area contributed by atoms with E-state index in [2.05, 4.69) is 39.6 Å². The molecule has 1 aromatic rings. The van der Waals surface area contributed by atoms with Gasteiger partial charge in [-0.25, -0.2) is 4.39 Å². The van der Waals surface area contributed by atoms with Crippen molar-refractivity contribution in [1.29, 1.82) is 0 Å². The van der Waals surface area contributed by atoms with Crippen LogP contribution in [0.3, 0.4) is 0 Å². The topological polar surface area (TPSA) is 38.5 Å². The third-order valence-electron chi connectivity index (χ3n) is 4.53. The fourth-order valence-electron chi connectivity index (χ4n) is 3.37. The molecular formula is C17H27FN2O. The maximum absolute atomic E-state index is 12.9. The van der Waals surface area contributed by atoms with Crippen molar-refractivity contribution >= 4 is 0 Å². The van der Waals surface area contributed by atoms with Gasteiger partial charge in [0.1, 0.15) is 5.82 Å². The first-order chi connectivity index (χ1) is 9.62. The van der Waals surface area contributed by atoms with Gasteiger partial charge in [0.05, 0.1) is 11.2 Å². The predicted molar refractivity (Wildman–Crippen MR) is 83.4 cm³/mol. The van der Waals surface area contributed by atoms with E-state index in [1.165, 1.54) is 12.1 Å². The third kappa shape index (κ3) is 3.62. The largest absolute Gasteiger partial charge is 0.368 e. The van der Waals surface area contributed by atoms with Gasteiger partial charge in [-0.3, -0.25) is 0 Å². The first kappa shape index (κ1) is 16.4. The van der Waals surface area contributed by atoms with E-state index in [0.29, 0.717) is 0 Å². The number of hydrogen-bond donors (Lipinski definition) is 1. The van der Waals surface area contributed by atoms with E-state index in [-0.39, 0.29) is 29.0 Å². The Morgan fingerprint density at radius 1 is 1.14 bits per heavy atom. The lowest BCUT2D eigenvalue weighted by Crippen LogP contribution is -2.47. The van der Waals surface area contributed by atoms with Gasteiger partial charge in [-0.05, 0) is 52.4 Å². The van der Waals surface area contributed by atoms with Crippen LogP contribution in [0, 0.1) is 11.7 Å². The van der Waals surface area contributed by atoms with Crippen molar-refractivity contribution in [3.05, 3.63) is 35.6 Å². The first-order valence-corrected chi connectivity index (χ1v) is 7.50. The predicted octanol–water partition coefficient (Wildman–Crippen LogP) is 2.79. The molecule has 0 radical (unpaired) electrons. The smallest absolute Gasteiger partial charge is 0.123 e. The van der Waals surface area contributed by atoms with Gasteiger partial charge in [-0.1, -0.05) is 12.1 Å². The number of ether oxygens (including phenoxy) is 1. The normalized spacial score (nSPS) is 27.2. The second-order valence-electron chi connectivity index (χ2n) is 7.26. The van der Waals surface area contributed by atoms with Crippen LogP contribution >= 0.6 is 0 Å². The fourth-order valence-corrected chi connectivity index (χ4v) is 3.37. The molecule has 0 aromatic heterocycles. The summed E-state index contributed by atoms with van der Waals surface area (Å²) in [6, 6.07) is 6.65. The number of nitrogens with two attached hydrogens (primary N) is 1. The molecular weight excluding hydrogens is 267 g/mol. The molecule has 4 heteroatoms. The summed E-state index contributed by atoms with van der Waals surface area (Å²) in [5.41, 5.74) is 6.96. The van der Waals surface area contributed by atoms with Gasteiger partial charge in [0.2, 0.25) is 0 Å². The minimum absolute atomic E-state index is 0.00293. The summed E-state index contributed by atoms with van der Waals surface area (Å²) in [5.74, 6) is 0.0634. The van der Waals surface area contributed by atoms with Crippen molar-refractivity contribution < 1.29 is 9.13 Å². The van der Waals surface area contributed by atoms with Crippen LogP contribution in [0.25, 0.3) is 0 Å². The molecule has 21 heavy (non-hydrogen) atoms. The van der Waals surface area contributed by atoms with Crippen molar-refractivity contribution in [2.24, 2.45) is 11.7 Å². The quantitative estimate of drug-likeness (QED) is 0.928. The summed E-state index contributed by atoms with van der Waals surface area (Å²) in [6.07, 6.45) is 0. The molecule has 1 aliphatic heterocycles. The van der Waals surface area contributed by atoms with E-state index in [4.69, 9.17) is 10.5 Å². The van der Waals surface area contributed by atoms with Crippen LogP contribution in [0.4, 0.5) is 4.39 Å². The van der Waals surface area contributed by atoms with E-state index in [0.717, 1.165) is 18.7 Å². The van der Waals surface area contributed by atoms with E-state index in [1.807, 2.05) is 12.1 Å². The molecule has 1 heterocycles. The zero-order valence-electron chi connectivity index (χ0n) is 13.7. The summed E-state index contributed by atoms with van der Waals surface area (Å²) in [5, 5.41) is 0. The van der Waals surface area contributed by atoms with E-state index < -0.39 is 0 Å². The van der Waals surface area contributed by atoms with Crippen molar-refractivity contribution in [3.63, 3.8) is 0 Å². The SMILES string of the molecule is CN(Cc1ccc(F)cc1)CC1C(N)C(C)(C)OC1(C)C. The fraction of sp³-hybridized carbons (Fsp3) is 0.647. The third-order valence-corrected chi connectivity index (χ3v) is 4.53. The van der Waals surface area contributed by atoms with Crippen molar-refractivity contribution in [2.75, 3.05) is 13.6 Å². The van der Waals surface area contributed by atoms with Gasteiger partial charge in [0.15, 0.2) is 0 Å². The van der Waals surface area contributed by atoms with Crippen LogP contribution in [0.15, 0.2) is 24.3 Å². The summed E-state index contributed by atoms with van der Waals surface area (Å²) < 4.78 is 19.1. The van der Waals surface area contributed by atoms with E-state index >= 15 is 0 Å². The molecule has 2 atom stereocenters. The number of halogens is 1. The highest BCUT2D eigenvalue weighted by Crippen LogP contribution is 2.41. The standard InChI is InChI=1S/C17H27FN2O/c1-16(2)14(15(19)17(3,4)21-16)11-20(5)10-12-6-8-13(18)9-7-12/h6-9,14-15H,10-11,19H2,1-5H3. The zero-order chi connectivity index (χ0) is 15.8. The Morgan fingerprint density at radius 2 is 1.71 bits per heavy atom. The highest BCUT2D eigenvalue weighted by atomic mass is 19.1. The number of nitrogens with zero attached hydrogens (tertiary/aromatic N) is 1. The number of rotatable bonds is 4. The average molecular weight is 294 g/mol. The number of hydrogen-bond acceptors (Lipinski definition) is 3. The molecule has 1 saturated heterocycles. The summed E-state index contributed by atoms with van der Waals surface area (Å²) in [4.78, 5) is 2.23. The lowest BCUT2D eigenvalue weighted by atomic mass is 9.83. The maximum atomic E-state index is 12.9. The Kier molecular flexibility index (Phi) is 4.43. The molecule has 2 unspecified atom stereocenters. The van der Waals surface area contributed by atoms with Crippen LogP contribution in [0.5, 0.6) is 0 Å². The summed E-state index contributed by atoms with van der Waals surface area (Å²) in [7, 11) is 2.07. The van der Waals surface area contributed by atoms with Gasteiger partial charge >= 0.3 is 0 Å². The van der Waals surface area contributed by atoms with Gasteiger partial charge in [0, 0.05) is 25.0 Å². The molecule has 0 bridgehead atoms. The molecule has 0 saturated carbocycles. The van der Waals surface area contributed by atoms with Crippen molar-refractivity contribution in [2.45, 2.75) is 51.5 Å². The second-order valence-corrected chi connectivity index (χ2v) is 7.26. The van der Waals surface area contributed by atoms with Gasteiger partial charge < -0.3 is 15.4 Å². The lowest BCUT2D eigenvalue weighted by Gasteiger charge is -2.31.